The summed E-state index contributed by atoms with van der Waals surface area (Å²) in [6.45, 7) is 4.42. The molecular weight excluding hydrogens is 292 g/mol. The molecule has 0 atom stereocenters. The van der Waals surface area contributed by atoms with Crippen molar-refractivity contribution in [3.63, 3.8) is 0 Å². The van der Waals surface area contributed by atoms with E-state index in [0.29, 0.717) is 18.7 Å². The Morgan fingerprint density at radius 3 is 2.87 bits per heavy atom. The van der Waals surface area contributed by atoms with E-state index < -0.39 is 0 Å². The van der Waals surface area contributed by atoms with E-state index in [1.165, 1.54) is 24.1 Å². The minimum Gasteiger partial charge on any atom is -0.361 e. The fourth-order valence-electron chi connectivity index (χ4n) is 2.99. The highest BCUT2D eigenvalue weighted by Crippen LogP contribution is 2.21. The molecule has 0 fully saturated rings. The predicted molar refractivity (Wildman–Crippen MR) is 85.1 cm³/mol. The molecule has 2 heterocycles. The van der Waals surface area contributed by atoms with E-state index in [4.69, 9.17) is 4.52 Å². The van der Waals surface area contributed by atoms with Crippen LogP contribution in [0.5, 0.6) is 0 Å². The zero-order chi connectivity index (χ0) is 16.2. The van der Waals surface area contributed by atoms with Crippen LogP contribution >= 0.6 is 0 Å². The number of aromatic nitrogens is 3. The summed E-state index contributed by atoms with van der Waals surface area (Å²) in [4.78, 5) is 21.1. The molecule has 0 unspecified atom stereocenters. The fourth-order valence-corrected chi connectivity index (χ4v) is 2.99. The van der Waals surface area contributed by atoms with Crippen LogP contribution in [0.4, 0.5) is 0 Å². The van der Waals surface area contributed by atoms with Gasteiger partial charge < -0.3 is 9.84 Å². The van der Waals surface area contributed by atoms with Crippen molar-refractivity contribution in [3.8, 4) is 0 Å². The normalized spacial score (nSPS) is 13.7. The highest BCUT2D eigenvalue weighted by atomic mass is 16.5. The van der Waals surface area contributed by atoms with E-state index in [1.54, 1.807) is 6.07 Å². The summed E-state index contributed by atoms with van der Waals surface area (Å²) < 4.78 is 5.04. The van der Waals surface area contributed by atoms with Gasteiger partial charge in [0.25, 0.3) is 0 Å². The molecule has 6 nitrogen and oxygen atoms in total. The summed E-state index contributed by atoms with van der Waals surface area (Å²) in [5, 5.41) is 6.65. The largest absolute Gasteiger partial charge is 0.361 e. The highest BCUT2D eigenvalue weighted by molar-refractivity contribution is 5.77. The van der Waals surface area contributed by atoms with Crippen molar-refractivity contribution in [1.82, 2.24) is 20.4 Å². The Hall–Kier alpha value is -2.24. The minimum atomic E-state index is -0.0733. The Kier molecular flexibility index (Phi) is 4.69. The summed E-state index contributed by atoms with van der Waals surface area (Å²) >= 11 is 0. The van der Waals surface area contributed by atoms with Crippen molar-refractivity contribution in [1.29, 1.82) is 0 Å². The third kappa shape index (κ3) is 3.94. The average molecular weight is 314 g/mol. The molecule has 1 N–H and O–H groups in total. The third-order valence-electron chi connectivity index (χ3n) is 4.12. The first-order chi connectivity index (χ1) is 11.1. The van der Waals surface area contributed by atoms with Gasteiger partial charge in [-0.15, -0.1) is 0 Å². The summed E-state index contributed by atoms with van der Waals surface area (Å²) in [5.41, 5.74) is 4.39. The van der Waals surface area contributed by atoms with Crippen LogP contribution in [-0.2, 0) is 30.5 Å². The lowest BCUT2D eigenvalue weighted by Gasteiger charge is -2.17. The van der Waals surface area contributed by atoms with Crippen molar-refractivity contribution in [3.05, 3.63) is 40.3 Å². The molecular formula is C17H22N4O2. The minimum absolute atomic E-state index is 0.0733. The van der Waals surface area contributed by atoms with Crippen LogP contribution in [-0.4, -0.2) is 27.6 Å². The quantitative estimate of drug-likeness (QED) is 0.911. The van der Waals surface area contributed by atoms with Crippen LogP contribution < -0.4 is 5.32 Å². The first-order valence-corrected chi connectivity index (χ1v) is 8.16. The Morgan fingerprint density at radius 2 is 2.09 bits per heavy atom. The first kappa shape index (κ1) is 15.6. The van der Waals surface area contributed by atoms with Gasteiger partial charge in [0, 0.05) is 30.4 Å². The number of nitrogens with one attached hydrogen (secondary N) is 1. The van der Waals surface area contributed by atoms with Gasteiger partial charge in [-0.05, 0) is 45.1 Å². The van der Waals surface area contributed by atoms with Gasteiger partial charge in [-0.3, -0.25) is 4.79 Å². The van der Waals surface area contributed by atoms with Crippen LogP contribution in [0, 0.1) is 13.8 Å². The second kappa shape index (κ2) is 6.89. The van der Waals surface area contributed by atoms with E-state index >= 15 is 0 Å². The monoisotopic (exact) mass is 314 g/mol. The number of hydrogen-bond donors (Lipinski definition) is 1. The van der Waals surface area contributed by atoms with Crippen LogP contribution in [0.1, 0.15) is 47.1 Å². The van der Waals surface area contributed by atoms with E-state index in [9.17, 15) is 4.79 Å². The molecule has 0 radical (unpaired) electrons. The smallest absolute Gasteiger partial charge is 0.227 e. The zero-order valence-corrected chi connectivity index (χ0v) is 13.7. The molecule has 6 heteroatoms. The Bertz CT molecular complexity index is 709. The molecule has 0 saturated carbocycles. The van der Waals surface area contributed by atoms with Crippen LogP contribution in [0.25, 0.3) is 0 Å². The van der Waals surface area contributed by atoms with Gasteiger partial charge in [0.05, 0.1) is 12.1 Å². The second-order valence-electron chi connectivity index (χ2n) is 6.07. The van der Waals surface area contributed by atoms with Gasteiger partial charge in [0.15, 0.2) is 0 Å². The van der Waals surface area contributed by atoms with Crippen LogP contribution in [0.2, 0.25) is 0 Å². The summed E-state index contributed by atoms with van der Waals surface area (Å²) in [5.74, 6) is 1.33. The number of carbonyl (C=O) groups excluding carboxylic acids is 1. The van der Waals surface area contributed by atoms with Crippen LogP contribution in [0.15, 0.2) is 10.6 Å². The number of fused-ring (bicyclic) bond motifs is 1. The lowest BCUT2D eigenvalue weighted by molar-refractivity contribution is -0.120. The number of aryl methyl sites for hydroxylation is 3. The standard InChI is InChI=1S/C17H22N4O2/c1-11-9-13(23-21-11)10-17(22)18-8-7-16-19-12(2)14-5-3-4-6-15(14)20-16/h9H,3-8,10H2,1-2H3,(H,18,22). The SMILES string of the molecule is Cc1cc(CC(=O)NCCc2nc(C)c3c(n2)CCCC3)on1. The summed E-state index contributed by atoms with van der Waals surface area (Å²) in [7, 11) is 0. The molecule has 3 rings (SSSR count). The number of rotatable bonds is 5. The van der Waals surface area contributed by atoms with Crippen molar-refractivity contribution >= 4 is 5.91 Å². The van der Waals surface area contributed by atoms with E-state index in [2.05, 4.69) is 27.4 Å². The van der Waals surface area contributed by atoms with E-state index in [1.807, 2.05) is 6.92 Å². The molecule has 0 spiro atoms. The third-order valence-corrected chi connectivity index (χ3v) is 4.12. The van der Waals surface area contributed by atoms with Crippen LogP contribution in [0.3, 0.4) is 0 Å². The molecule has 2 aromatic rings. The Balaban J connectivity index is 1.52. The Morgan fingerprint density at radius 1 is 1.26 bits per heavy atom. The summed E-state index contributed by atoms with van der Waals surface area (Å²) in [6.07, 6.45) is 5.43. The average Bonchev–Trinajstić information content (AvgIpc) is 2.92. The molecule has 2 aromatic heterocycles. The molecule has 1 aliphatic carbocycles. The molecule has 23 heavy (non-hydrogen) atoms. The maximum atomic E-state index is 11.9. The maximum Gasteiger partial charge on any atom is 0.227 e. The van der Waals surface area contributed by atoms with E-state index in [-0.39, 0.29) is 12.3 Å². The summed E-state index contributed by atoms with van der Waals surface area (Å²) in [6, 6.07) is 1.77. The number of hydrogen-bond acceptors (Lipinski definition) is 5. The highest BCUT2D eigenvalue weighted by Gasteiger charge is 2.15. The van der Waals surface area contributed by atoms with Crippen molar-refractivity contribution in [2.75, 3.05) is 6.54 Å². The van der Waals surface area contributed by atoms with Crippen molar-refractivity contribution in [2.45, 2.75) is 52.4 Å². The van der Waals surface area contributed by atoms with Gasteiger partial charge >= 0.3 is 0 Å². The van der Waals surface area contributed by atoms with Crippen molar-refractivity contribution < 1.29 is 9.32 Å². The second-order valence-corrected chi connectivity index (χ2v) is 6.07. The molecule has 0 aromatic carbocycles. The lowest BCUT2D eigenvalue weighted by atomic mass is 9.95. The lowest BCUT2D eigenvalue weighted by Crippen LogP contribution is -2.27. The molecule has 1 amide bonds. The topological polar surface area (TPSA) is 80.9 Å². The fraction of sp³-hybridized carbons (Fsp3) is 0.529. The molecule has 0 bridgehead atoms. The van der Waals surface area contributed by atoms with Gasteiger partial charge in [-0.2, -0.15) is 0 Å². The van der Waals surface area contributed by atoms with E-state index in [0.717, 1.165) is 30.1 Å². The number of nitrogens with zero attached hydrogens (tertiary/aromatic N) is 3. The number of carbonyl (C=O) groups is 1. The van der Waals surface area contributed by atoms with Gasteiger partial charge in [-0.25, -0.2) is 9.97 Å². The number of amides is 1. The molecule has 1 aliphatic rings. The van der Waals surface area contributed by atoms with Crippen molar-refractivity contribution in [2.24, 2.45) is 0 Å². The zero-order valence-electron chi connectivity index (χ0n) is 13.7. The first-order valence-electron chi connectivity index (χ1n) is 8.16. The van der Waals surface area contributed by atoms with Gasteiger partial charge in [0.2, 0.25) is 5.91 Å². The molecule has 0 saturated heterocycles. The molecule has 122 valence electrons. The maximum absolute atomic E-state index is 11.9. The predicted octanol–water partition coefficient (Wildman–Crippen LogP) is 1.86. The van der Waals surface area contributed by atoms with Gasteiger partial charge in [0.1, 0.15) is 11.6 Å². The Labute approximate surface area is 135 Å². The molecule has 0 aliphatic heterocycles. The van der Waals surface area contributed by atoms with Gasteiger partial charge in [-0.1, -0.05) is 5.16 Å².